The highest BCUT2D eigenvalue weighted by molar-refractivity contribution is 6.17. The molecule has 0 radical (unpaired) electrons. The van der Waals surface area contributed by atoms with Crippen LogP contribution in [0.2, 0.25) is 0 Å². The van der Waals surface area contributed by atoms with Gasteiger partial charge in [-0.15, -0.1) is 11.6 Å². The van der Waals surface area contributed by atoms with Crippen molar-refractivity contribution in [3.8, 4) is 5.88 Å². The molecule has 0 fully saturated rings. The fourth-order valence-electron chi connectivity index (χ4n) is 1.81. The first-order valence-corrected chi connectivity index (χ1v) is 6.88. The molecule has 1 aromatic rings. The number of halogens is 1. The number of alkyl halides is 1. The summed E-state index contributed by atoms with van der Waals surface area (Å²) in [6.45, 7) is 6.98. The van der Waals surface area contributed by atoms with Crippen LogP contribution in [0.15, 0.2) is 6.07 Å². The van der Waals surface area contributed by atoms with E-state index in [1.54, 1.807) is 0 Å². The molecule has 0 N–H and O–H groups in total. The van der Waals surface area contributed by atoms with Crippen molar-refractivity contribution in [2.75, 3.05) is 6.61 Å². The van der Waals surface area contributed by atoms with E-state index in [0.29, 0.717) is 11.8 Å². The average Bonchev–Trinajstić information content (AvgIpc) is 2.28. The molecule has 96 valence electrons. The standard InChI is InChI=1S/C14H22ClNO/c1-4-5-6-7-8-17-14-13(10-15)11(2)9-12(3)16-14/h9H,4-8,10H2,1-3H3. The van der Waals surface area contributed by atoms with E-state index >= 15 is 0 Å². The van der Waals surface area contributed by atoms with Crippen LogP contribution < -0.4 is 4.74 Å². The van der Waals surface area contributed by atoms with Gasteiger partial charge in [0.15, 0.2) is 0 Å². The second kappa shape index (κ2) is 7.54. The first-order chi connectivity index (χ1) is 8.19. The monoisotopic (exact) mass is 255 g/mol. The molecular weight excluding hydrogens is 234 g/mol. The summed E-state index contributed by atoms with van der Waals surface area (Å²) in [5.74, 6) is 1.18. The van der Waals surface area contributed by atoms with Gasteiger partial charge in [0, 0.05) is 11.3 Å². The molecule has 2 nitrogen and oxygen atoms in total. The van der Waals surface area contributed by atoms with Crippen molar-refractivity contribution >= 4 is 11.6 Å². The van der Waals surface area contributed by atoms with Crippen LogP contribution in [0.25, 0.3) is 0 Å². The molecule has 0 bridgehead atoms. The average molecular weight is 256 g/mol. The summed E-state index contributed by atoms with van der Waals surface area (Å²) in [5.41, 5.74) is 3.17. The highest BCUT2D eigenvalue weighted by Gasteiger charge is 2.08. The predicted octanol–water partition coefficient (Wildman–Crippen LogP) is 4.40. The van der Waals surface area contributed by atoms with Crippen LogP contribution >= 0.6 is 11.6 Å². The fourth-order valence-corrected chi connectivity index (χ4v) is 2.13. The molecule has 0 aliphatic carbocycles. The van der Waals surface area contributed by atoms with Crippen molar-refractivity contribution in [3.63, 3.8) is 0 Å². The lowest BCUT2D eigenvalue weighted by atomic mass is 10.1. The highest BCUT2D eigenvalue weighted by atomic mass is 35.5. The minimum Gasteiger partial charge on any atom is -0.477 e. The van der Waals surface area contributed by atoms with Crippen molar-refractivity contribution in [1.29, 1.82) is 0 Å². The van der Waals surface area contributed by atoms with Gasteiger partial charge in [0.25, 0.3) is 0 Å². The van der Waals surface area contributed by atoms with E-state index in [2.05, 4.69) is 18.8 Å². The Kier molecular flexibility index (Phi) is 6.35. The molecule has 1 rings (SSSR count). The molecule has 0 aliphatic heterocycles. The molecule has 0 aliphatic rings. The number of hydrogen-bond acceptors (Lipinski definition) is 2. The molecule has 0 amide bonds. The third-order valence-corrected chi connectivity index (χ3v) is 3.08. The summed E-state index contributed by atoms with van der Waals surface area (Å²) in [5, 5.41) is 0. The van der Waals surface area contributed by atoms with Gasteiger partial charge in [-0.1, -0.05) is 26.2 Å². The fraction of sp³-hybridized carbons (Fsp3) is 0.643. The van der Waals surface area contributed by atoms with Gasteiger partial charge >= 0.3 is 0 Å². The lowest BCUT2D eigenvalue weighted by Crippen LogP contribution is -2.04. The number of hydrogen-bond donors (Lipinski definition) is 0. The maximum Gasteiger partial charge on any atom is 0.218 e. The number of aromatic nitrogens is 1. The predicted molar refractivity (Wildman–Crippen MR) is 72.9 cm³/mol. The molecule has 0 unspecified atom stereocenters. The molecule has 0 saturated carbocycles. The van der Waals surface area contributed by atoms with Gasteiger partial charge in [0.05, 0.1) is 12.5 Å². The maximum absolute atomic E-state index is 5.93. The topological polar surface area (TPSA) is 22.1 Å². The number of ether oxygens (including phenoxy) is 1. The molecule has 17 heavy (non-hydrogen) atoms. The zero-order chi connectivity index (χ0) is 12.7. The van der Waals surface area contributed by atoms with Crippen LogP contribution in [0, 0.1) is 13.8 Å². The van der Waals surface area contributed by atoms with Crippen LogP contribution in [0.5, 0.6) is 5.88 Å². The molecule has 3 heteroatoms. The normalized spacial score (nSPS) is 10.6. The number of unbranched alkanes of at least 4 members (excludes halogenated alkanes) is 3. The van der Waals surface area contributed by atoms with E-state index in [4.69, 9.17) is 16.3 Å². The lowest BCUT2D eigenvalue weighted by molar-refractivity contribution is 0.290. The third-order valence-electron chi connectivity index (χ3n) is 2.81. The second-order valence-electron chi connectivity index (χ2n) is 4.41. The zero-order valence-electron chi connectivity index (χ0n) is 11.1. The molecule has 1 heterocycles. The van der Waals surface area contributed by atoms with Gasteiger partial charge in [-0.25, -0.2) is 4.98 Å². The summed E-state index contributed by atoms with van der Waals surface area (Å²) in [6.07, 6.45) is 4.82. The minimum absolute atomic E-state index is 0.462. The van der Waals surface area contributed by atoms with Crippen molar-refractivity contribution in [2.45, 2.75) is 52.3 Å². The Bertz CT molecular complexity index is 352. The Balaban J connectivity index is 2.57. The van der Waals surface area contributed by atoms with Crippen molar-refractivity contribution < 1.29 is 4.74 Å². The van der Waals surface area contributed by atoms with Crippen LogP contribution in [-0.4, -0.2) is 11.6 Å². The number of aryl methyl sites for hydroxylation is 2. The Morgan fingerprint density at radius 2 is 2.00 bits per heavy atom. The van der Waals surface area contributed by atoms with E-state index in [1.807, 2.05) is 13.0 Å². The first kappa shape index (κ1) is 14.3. The Labute approximate surface area is 109 Å². The molecule has 1 aromatic heterocycles. The molecule has 0 saturated heterocycles. The Morgan fingerprint density at radius 1 is 1.24 bits per heavy atom. The third kappa shape index (κ3) is 4.55. The smallest absolute Gasteiger partial charge is 0.218 e. The van der Waals surface area contributed by atoms with E-state index in [0.717, 1.165) is 29.8 Å². The van der Waals surface area contributed by atoms with E-state index in [-0.39, 0.29) is 0 Å². The van der Waals surface area contributed by atoms with E-state index in [1.165, 1.54) is 19.3 Å². The summed E-state index contributed by atoms with van der Waals surface area (Å²) in [7, 11) is 0. The summed E-state index contributed by atoms with van der Waals surface area (Å²) in [6, 6.07) is 2.04. The molecular formula is C14H22ClNO. The van der Waals surface area contributed by atoms with Crippen LogP contribution in [0.3, 0.4) is 0 Å². The van der Waals surface area contributed by atoms with Gasteiger partial charge < -0.3 is 4.74 Å². The van der Waals surface area contributed by atoms with Crippen molar-refractivity contribution in [3.05, 3.63) is 22.9 Å². The van der Waals surface area contributed by atoms with Crippen LogP contribution in [0.4, 0.5) is 0 Å². The van der Waals surface area contributed by atoms with E-state index in [9.17, 15) is 0 Å². The molecule has 0 atom stereocenters. The van der Waals surface area contributed by atoms with E-state index < -0.39 is 0 Å². The zero-order valence-corrected chi connectivity index (χ0v) is 11.8. The highest BCUT2D eigenvalue weighted by Crippen LogP contribution is 2.23. The lowest BCUT2D eigenvalue weighted by Gasteiger charge is -2.12. The van der Waals surface area contributed by atoms with Gasteiger partial charge in [-0.05, 0) is 31.9 Å². The molecule has 0 aromatic carbocycles. The minimum atomic E-state index is 0.462. The maximum atomic E-state index is 5.93. The SMILES string of the molecule is CCCCCCOc1nc(C)cc(C)c1CCl. The first-order valence-electron chi connectivity index (χ1n) is 6.35. The largest absolute Gasteiger partial charge is 0.477 e. The van der Waals surface area contributed by atoms with Gasteiger partial charge in [-0.3, -0.25) is 0 Å². The van der Waals surface area contributed by atoms with Crippen molar-refractivity contribution in [2.24, 2.45) is 0 Å². The summed E-state index contributed by atoms with van der Waals surface area (Å²) in [4.78, 5) is 4.42. The molecule has 0 spiro atoms. The summed E-state index contributed by atoms with van der Waals surface area (Å²) >= 11 is 5.93. The summed E-state index contributed by atoms with van der Waals surface area (Å²) < 4.78 is 5.74. The van der Waals surface area contributed by atoms with Crippen molar-refractivity contribution in [1.82, 2.24) is 4.98 Å². The van der Waals surface area contributed by atoms with Gasteiger partial charge in [-0.2, -0.15) is 0 Å². The number of pyridine rings is 1. The van der Waals surface area contributed by atoms with Gasteiger partial charge in [0.2, 0.25) is 5.88 Å². The Morgan fingerprint density at radius 3 is 2.65 bits per heavy atom. The van der Waals surface area contributed by atoms with Gasteiger partial charge in [0.1, 0.15) is 0 Å². The van der Waals surface area contributed by atoms with Crippen LogP contribution in [-0.2, 0) is 5.88 Å². The number of nitrogens with zero attached hydrogens (tertiary/aromatic N) is 1. The quantitative estimate of drug-likeness (QED) is 0.532. The second-order valence-corrected chi connectivity index (χ2v) is 4.67. The van der Waals surface area contributed by atoms with Crippen LogP contribution in [0.1, 0.15) is 49.4 Å². The Hall–Kier alpha value is -0.760. The number of rotatable bonds is 7.